The van der Waals surface area contributed by atoms with Gasteiger partial charge in [-0.1, -0.05) is 60.7 Å². The van der Waals surface area contributed by atoms with Gasteiger partial charge in [-0.05, 0) is 55.2 Å². The highest BCUT2D eigenvalue weighted by Crippen LogP contribution is 2.72. The molecule has 6 rings (SSSR count). The molecule has 42 heavy (non-hydrogen) atoms. The second kappa shape index (κ2) is 11.1. The van der Waals surface area contributed by atoms with E-state index < -0.39 is 33.4 Å². The summed E-state index contributed by atoms with van der Waals surface area (Å²) in [5.74, 6) is -1.40. The largest absolute Gasteiger partial charge is 0.497 e. The van der Waals surface area contributed by atoms with Crippen molar-refractivity contribution in [1.82, 2.24) is 10.2 Å². The summed E-state index contributed by atoms with van der Waals surface area (Å²) in [5.41, 5.74) is 2.29. The number of carbonyl (C=O) groups excluding carboxylic acids is 3. The van der Waals surface area contributed by atoms with E-state index in [1.54, 1.807) is 48.0 Å². The predicted octanol–water partition coefficient (Wildman–Crippen LogP) is 4.17. The van der Waals surface area contributed by atoms with E-state index in [0.29, 0.717) is 30.8 Å². The molecule has 3 aromatic rings. The van der Waals surface area contributed by atoms with Crippen LogP contribution >= 0.6 is 11.8 Å². The number of methoxy groups -OCH3 is 1. The summed E-state index contributed by atoms with van der Waals surface area (Å²) in [4.78, 5) is 44.3. The SMILES string of the molecule is COc1ccc(NC(=O)C2N([C@H](CO)c3ccccc3)C(=O)[C@@H]3[C@@H](C(=O)NCc4ccccc4)[C@@]4(C)CCC23S4)cc1. The minimum Gasteiger partial charge on any atom is -0.497 e. The zero-order chi connectivity index (χ0) is 29.5. The number of thioether (sulfide) groups is 1. The number of fused-ring (bicyclic) bond motifs is 1. The van der Waals surface area contributed by atoms with Crippen molar-refractivity contribution in [2.24, 2.45) is 11.8 Å². The molecule has 0 aromatic heterocycles. The first-order valence-electron chi connectivity index (χ1n) is 14.3. The van der Waals surface area contributed by atoms with Crippen molar-refractivity contribution in [2.75, 3.05) is 19.0 Å². The number of rotatable bonds is 9. The van der Waals surface area contributed by atoms with Crippen LogP contribution < -0.4 is 15.4 Å². The van der Waals surface area contributed by atoms with Crippen molar-refractivity contribution >= 4 is 35.2 Å². The highest BCUT2D eigenvalue weighted by atomic mass is 32.2. The first kappa shape index (κ1) is 28.3. The first-order chi connectivity index (χ1) is 20.3. The highest BCUT2D eigenvalue weighted by Gasteiger charge is 2.77. The number of hydrogen-bond donors (Lipinski definition) is 3. The normalized spacial score (nSPS) is 28.3. The molecule has 218 valence electrons. The summed E-state index contributed by atoms with van der Waals surface area (Å²) in [6.45, 7) is 2.06. The maximum Gasteiger partial charge on any atom is 0.248 e. The molecule has 3 amide bonds. The van der Waals surface area contributed by atoms with Gasteiger partial charge >= 0.3 is 0 Å². The van der Waals surface area contributed by atoms with Crippen LogP contribution in [-0.4, -0.2) is 57.0 Å². The first-order valence-corrected chi connectivity index (χ1v) is 15.1. The number of nitrogens with one attached hydrogen (secondary N) is 2. The topological polar surface area (TPSA) is 108 Å². The van der Waals surface area contributed by atoms with Crippen LogP contribution in [-0.2, 0) is 20.9 Å². The van der Waals surface area contributed by atoms with Crippen molar-refractivity contribution in [3.63, 3.8) is 0 Å². The van der Waals surface area contributed by atoms with Crippen LogP contribution in [0.3, 0.4) is 0 Å². The third kappa shape index (κ3) is 4.65. The number of aliphatic hydroxyl groups is 1. The Morgan fingerprint density at radius 2 is 1.67 bits per heavy atom. The summed E-state index contributed by atoms with van der Waals surface area (Å²) in [6, 6.07) is 24.4. The average molecular weight is 586 g/mol. The van der Waals surface area contributed by atoms with Crippen LogP contribution in [0.1, 0.15) is 36.9 Å². The fourth-order valence-electron chi connectivity index (χ4n) is 7.21. The summed E-state index contributed by atoms with van der Waals surface area (Å²) in [7, 11) is 1.58. The summed E-state index contributed by atoms with van der Waals surface area (Å²) >= 11 is 1.61. The lowest BCUT2D eigenvalue weighted by Gasteiger charge is -2.37. The van der Waals surface area contributed by atoms with E-state index in [9.17, 15) is 19.5 Å². The van der Waals surface area contributed by atoms with Crippen molar-refractivity contribution in [2.45, 2.75) is 47.9 Å². The summed E-state index contributed by atoms with van der Waals surface area (Å²) in [6.07, 6.45) is 1.33. The number of anilines is 1. The molecule has 3 heterocycles. The number of carbonyl (C=O) groups is 3. The van der Waals surface area contributed by atoms with Crippen LogP contribution in [0.2, 0.25) is 0 Å². The van der Waals surface area contributed by atoms with Crippen LogP contribution in [0, 0.1) is 11.8 Å². The van der Waals surface area contributed by atoms with Gasteiger partial charge in [0.15, 0.2) is 0 Å². The Kier molecular flexibility index (Phi) is 7.49. The van der Waals surface area contributed by atoms with Crippen molar-refractivity contribution in [3.05, 3.63) is 96.1 Å². The van der Waals surface area contributed by atoms with Crippen LogP contribution in [0.15, 0.2) is 84.9 Å². The van der Waals surface area contributed by atoms with Gasteiger partial charge in [-0.3, -0.25) is 14.4 Å². The number of amides is 3. The molecular weight excluding hydrogens is 550 g/mol. The number of aliphatic hydroxyl groups excluding tert-OH is 1. The van der Waals surface area contributed by atoms with Gasteiger partial charge in [0, 0.05) is 17.0 Å². The number of hydrogen-bond acceptors (Lipinski definition) is 6. The van der Waals surface area contributed by atoms with E-state index >= 15 is 0 Å². The van der Waals surface area contributed by atoms with Gasteiger partial charge in [-0.15, -0.1) is 11.8 Å². The van der Waals surface area contributed by atoms with Gasteiger partial charge in [-0.2, -0.15) is 0 Å². The molecule has 2 unspecified atom stereocenters. The monoisotopic (exact) mass is 585 g/mol. The average Bonchev–Trinajstić information content (AvgIpc) is 3.58. The quantitative estimate of drug-likeness (QED) is 0.348. The van der Waals surface area contributed by atoms with Crippen molar-refractivity contribution in [1.29, 1.82) is 0 Å². The van der Waals surface area contributed by atoms with E-state index in [2.05, 4.69) is 10.6 Å². The minimum atomic E-state index is -0.881. The Morgan fingerprint density at radius 1 is 1.00 bits per heavy atom. The molecular formula is C33H35N3O5S. The maximum absolute atomic E-state index is 14.6. The maximum atomic E-state index is 14.6. The minimum absolute atomic E-state index is 0.176. The molecule has 0 radical (unpaired) electrons. The molecule has 8 nitrogen and oxygen atoms in total. The molecule has 3 saturated heterocycles. The number of nitrogens with zero attached hydrogens (tertiary/aromatic N) is 1. The zero-order valence-corrected chi connectivity index (χ0v) is 24.5. The Morgan fingerprint density at radius 3 is 2.31 bits per heavy atom. The Labute approximate surface area is 249 Å². The summed E-state index contributed by atoms with van der Waals surface area (Å²) in [5, 5.41) is 16.8. The highest BCUT2D eigenvalue weighted by molar-refractivity contribution is 8.02. The smallest absolute Gasteiger partial charge is 0.248 e. The molecule has 6 atom stereocenters. The number of likely N-dealkylation sites (tertiary alicyclic amines) is 1. The standard InChI is InChI=1S/C33H35N3O5S/c1-32-17-18-33(42-32)27(26(32)29(38)34-19-21-9-5-3-6-10-21)31(40)36(25(20-37)22-11-7-4-8-12-22)28(33)30(39)35-23-13-15-24(41-2)16-14-23/h3-16,25-28,37H,17-20H2,1-2H3,(H,34,38)(H,35,39)/t25-,26+,27+,28?,32-,33?/m1/s1. The molecule has 9 heteroatoms. The Hall–Kier alpha value is -3.82. The second-order valence-electron chi connectivity index (χ2n) is 11.5. The van der Waals surface area contributed by atoms with Gasteiger partial charge in [0.1, 0.15) is 11.8 Å². The van der Waals surface area contributed by atoms with Gasteiger partial charge in [0.25, 0.3) is 0 Å². The lowest BCUT2D eigenvalue weighted by Crippen LogP contribution is -2.53. The molecule has 0 aliphatic carbocycles. The molecule has 3 aliphatic heterocycles. The van der Waals surface area contributed by atoms with Crippen molar-refractivity contribution in [3.8, 4) is 5.75 Å². The van der Waals surface area contributed by atoms with Crippen molar-refractivity contribution < 1.29 is 24.2 Å². The Balaban J connectivity index is 1.37. The molecule has 0 saturated carbocycles. The van der Waals surface area contributed by atoms with Crippen LogP contribution in [0.5, 0.6) is 5.75 Å². The summed E-state index contributed by atoms with van der Waals surface area (Å²) < 4.78 is 3.96. The van der Waals surface area contributed by atoms with E-state index in [0.717, 1.165) is 11.1 Å². The third-order valence-corrected chi connectivity index (χ3v) is 11.1. The number of benzene rings is 3. The van der Waals surface area contributed by atoms with Gasteiger partial charge in [-0.25, -0.2) is 0 Å². The van der Waals surface area contributed by atoms with E-state index in [1.807, 2.05) is 67.6 Å². The fourth-order valence-corrected chi connectivity index (χ4v) is 9.55. The molecule has 3 fully saturated rings. The van der Waals surface area contributed by atoms with E-state index in [4.69, 9.17) is 4.74 Å². The fraction of sp³-hybridized carbons (Fsp3) is 0.364. The van der Waals surface area contributed by atoms with E-state index in [1.165, 1.54) is 0 Å². The second-order valence-corrected chi connectivity index (χ2v) is 13.4. The predicted molar refractivity (Wildman–Crippen MR) is 162 cm³/mol. The Bertz CT molecular complexity index is 1470. The van der Waals surface area contributed by atoms with Gasteiger partial charge < -0.3 is 25.4 Å². The van der Waals surface area contributed by atoms with Crippen LogP contribution in [0.4, 0.5) is 5.69 Å². The van der Waals surface area contributed by atoms with Gasteiger partial charge in [0.05, 0.1) is 36.3 Å². The molecule has 3 aliphatic rings. The third-order valence-electron chi connectivity index (χ3n) is 9.11. The van der Waals surface area contributed by atoms with E-state index in [-0.39, 0.29) is 24.3 Å². The molecule has 3 N–H and O–H groups in total. The lowest BCUT2D eigenvalue weighted by atomic mass is 9.66. The van der Waals surface area contributed by atoms with Gasteiger partial charge in [0.2, 0.25) is 17.7 Å². The lowest BCUT2D eigenvalue weighted by molar-refractivity contribution is -0.142. The molecule has 2 bridgehead atoms. The molecule has 3 aromatic carbocycles. The van der Waals surface area contributed by atoms with Crippen LogP contribution in [0.25, 0.3) is 0 Å². The number of ether oxygens (including phenoxy) is 1. The zero-order valence-electron chi connectivity index (χ0n) is 23.7. The molecule has 1 spiro atoms.